The first kappa shape index (κ1) is 27.0. The minimum Gasteiger partial charge on any atom is -0.351 e. The van der Waals surface area contributed by atoms with E-state index < -0.39 is 10.0 Å². The molecule has 0 aliphatic rings. The van der Waals surface area contributed by atoms with E-state index in [1.54, 1.807) is 42.5 Å². The SMILES string of the molecule is Cc1ccc(N(Cc2ccc(C(=O)NCCSCc3c(F)cccc3Cl)cc2)S(C)(=O)=O)cc1C. The van der Waals surface area contributed by atoms with Crippen LogP contribution in [0.4, 0.5) is 10.1 Å². The molecular formula is C26H28ClFN2O3S2. The Morgan fingerprint density at radius 3 is 2.40 bits per heavy atom. The van der Waals surface area contributed by atoms with Gasteiger partial charge in [0.05, 0.1) is 18.5 Å². The number of carbonyl (C=O) groups is 1. The Hall–Kier alpha value is -2.55. The second kappa shape index (κ2) is 11.9. The summed E-state index contributed by atoms with van der Waals surface area (Å²) in [6.45, 7) is 4.51. The van der Waals surface area contributed by atoms with Crippen LogP contribution in [-0.2, 0) is 22.3 Å². The molecule has 186 valence electrons. The summed E-state index contributed by atoms with van der Waals surface area (Å²) >= 11 is 7.51. The van der Waals surface area contributed by atoms with Crippen molar-refractivity contribution in [2.24, 2.45) is 0 Å². The summed E-state index contributed by atoms with van der Waals surface area (Å²) in [5.74, 6) is 0.470. The van der Waals surface area contributed by atoms with Crippen molar-refractivity contribution in [3.63, 3.8) is 0 Å². The minimum atomic E-state index is -3.50. The molecule has 0 aromatic heterocycles. The van der Waals surface area contributed by atoms with Gasteiger partial charge in [0.15, 0.2) is 0 Å². The molecule has 1 N–H and O–H groups in total. The summed E-state index contributed by atoms with van der Waals surface area (Å²) in [6.07, 6.45) is 1.18. The van der Waals surface area contributed by atoms with Gasteiger partial charge in [0.2, 0.25) is 10.0 Å². The summed E-state index contributed by atoms with van der Waals surface area (Å²) in [4.78, 5) is 12.5. The Labute approximate surface area is 215 Å². The molecule has 0 saturated carbocycles. The van der Waals surface area contributed by atoms with E-state index in [2.05, 4.69) is 5.32 Å². The van der Waals surface area contributed by atoms with Gasteiger partial charge in [-0.3, -0.25) is 9.10 Å². The molecule has 0 spiro atoms. The number of halogens is 2. The van der Waals surface area contributed by atoms with Crippen molar-refractivity contribution in [3.05, 3.63) is 99.3 Å². The number of hydrogen-bond donors (Lipinski definition) is 1. The predicted molar refractivity (Wildman–Crippen MR) is 143 cm³/mol. The summed E-state index contributed by atoms with van der Waals surface area (Å²) in [6, 6.07) is 17.0. The molecule has 3 aromatic rings. The van der Waals surface area contributed by atoms with Crippen LogP contribution in [0.15, 0.2) is 60.7 Å². The maximum Gasteiger partial charge on any atom is 0.251 e. The highest BCUT2D eigenvalue weighted by molar-refractivity contribution is 7.98. The zero-order valence-corrected chi connectivity index (χ0v) is 22.2. The van der Waals surface area contributed by atoms with E-state index >= 15 is 0 Å². The van der Waals surface area contributed by atoms with Crippen molar-refractivity contribution >= 4 is 45.0 Å². The van der Waals surface area contributed by atoms with E-state index in [-0.39, 0.29) is 18.3 Å². The van der Waals surface area contributed by atoms with Gasteiger partial charge in [0, 0.05) is 34.2 Å². The molecule has 0 fully saturated rings. The van der Waals surface area contributed by atoms with E-state index in [0.29, 0.717) is 39.9 Å². The van der Waals surface area contributed by atoms with E-state index in [1.165, 1.54) is 28.4 Å². The fourth-order valence-electron chi connectivity index (χ4n) is 3.39. The van der Waals surface area contributed by atoms with Gasteiger partial charge in [0.25, 0.3) is 5.91 Å². The molecule has 0 aliphatic carbocycles. The molecule has 0 unspecified atom stereocenters. The van der Waals surface area contributed by atoms with Crippen molar-refractivity contribution < 1.29 is 17.6 Å². The predicted octanol–water partition coefficient (Wildman–Crippen LogP) is 5.73. The van der Waals surface area contributed by atoms with E-state index in [4.69, 9.17) is 11.6 Å². The highest BCUT2D eigenvalue weighted by atomic mass is 35.5. The Balaban J connectivity index is 1.55. The van der Waals surface area contributed by atoms with Crippen LogP contribution in [0.25, 0.3) is 0 Å². The molecular weight excluding hydrogens is 507 g/mol. The van der Waals surface area contributed by atoms with Crippen LogP contribution < -0.4 is 9.62 Å². The zero-order valence-electron chi connectivity index (χ0n) is 19.8. The van der Waals surface area contributed by atoms with Crippen LogP contribution >= 0.6 is 23.4 Å². The molecule has 0 atom stereocenters. The maximum atomic E-state index is 13.8. The summed E-state index contributed by atoms with van der Waals surface area (Å²) < 4.78 is 40.0. The Morgan fingerprint density at radius 2 is 1.77 bits per heavy atom. The molecule has 3 aromatic carbocycles. The molecule has 0 bridgehead atoms. The van der Waals surface area contributed by atoms with Gasteiger partial charge < -0.3 is 5.32 Å². The third-order valence-corrected chi connectivity index (χ3v) is 8.04. The van der Waals surface area contributed by atoms with Gasteiger partial charge in [0.1, 0.15) is 5.82 Å². The molecule has 9 heteroatoms. The number of sulfonamides is 1. The second-order valence-corrected chi connectivity index (χ2v) is 11.7. The minimum absolute atomic E-state index is 0.165. The maximum absolute atomic E-state index is 13.8. The van der Waals surface area contributed by atoms with Crippen molar-refractivity contribution in [3.8, 4) is 0 Å². The monoisotopic (exact) mass is 534 g/mol. The Bertz CT molecular complexity index is 1280. The number of thioether (sulfide) groups is 1. The second-order valence-electron chi connectivity index (χ2n) is 8.24. The Kier molecular flexibility index (Phi) is 9.21. The number of aryl methyl sites for hydroxylation is 2. The molecule has 0 saturated heterocycles. The van der Waals surface area contributed by atoms with Gasteiger partial charge in [-0.2, -0.15) is 11.8 Å². The molecule has 0 aliphatic heterocycles. The number of carbonyl (C=O) groups excluding carboxylic acids is 1. The standard InChI is InChI=1S/C26H28ClFN2O3S2/c1-18-7-12-22(15-19(18)2)30(35(3,32)33)16-20-8-10-21(11-9-20)26(31)29-13-14-34-17-23-24(27)5-4-6-25(23)28/h4-12,15H,13-14,16-17H2,1-3H3,(H,29,31). The lowest BCUT2D eigenvalue weighted by atomic mass is 10.1. The van der Waals surface area contributed by atoms with Crippen LogP contribution in [0.3, 0.4) is 0 Å². The first-order chi connectivity index (χ1) is 16.6. The van der Waals surface area contributed by atoms with Crippen molar-refractivity contribution in [1.82, 2.24) is 5.32 Å². The van der Waals surface area contributed by atoms with Crippen LogP contribution in [-0.4, -0.2) is 32.9 Å². The van der Waals surface area contributed by atoms with Crippen LogP contribution in [0.5, 0.6) is 0 Å². The number of benzene rings is 3. The third-order valence-electron chi connectivity index (χ3n) is 5.56. The number of hydrogen-bond acceptors (Lipinski definition) is 4. The number of anilines is 1. The first-order valence-corrected chi connectivity index (χ1v) is 14.4. The van der Waals surface area contributed by atoms with Crippen molar-refractivity contribution in [2.45, 2.75) is 26.1 Å². The largest absolute Gasteiger partial charge is 0.351 e. The summed E-state index contributed by atoms with van der Waals surface area (Å²) in [5, 5.41) is 3.24. The van der Waals surface area contributed by atoms with Gasteiger partial charge in [-0.25, -0.2) is 12.8 Å². The van der Waals surface area contributed by atoms with Crippen LogP contribution in [0, 0.1) is 19.7 Å². The average molecular weight is 535 g/mol. The molecule has 0 heterocycles. The van der Waals surface area contributed by atoms with Crippen molar-refractivity contribution in [1.29, 1.82) is 0 Å². The van der Waals surface area contributed by atoms with E-state index in [0.717, 1.165) is 16.7 Å². The smallest absolute Gasteiger partial charge is 0.251 e. The highest BCUT2D eigenvalue weighted by Crippen LogP contribution is 2.25. The van der Waals surface area contributed by atoms with Gasteiger partial charge >= 0.3 is 0 Å². The topological polar surface area (TPSA) is 66.5 Å². The summed E-state index contributed by atoms with van der Waals surface area (Å²) in [5.41, 5.74) is 4.41. The number of amides is 1. The molecule has 3 rings (SSSR count). The van der Waals surface area contributed by atoms with Gasteiger partial charge in [-0.05, 0) is 66.9 Å². The van der Waals surface area contributed by atoms with Crippen LogP contribution in [0.1, 0.15) is 32.6 Å². The fraction of sp³-hybridized carbons (Fsp3) is 0.269. The number of nitrogens with one attached hydrogen (secondary N) is 1. The number of nitrogens with zero attached hydrogens (tertiary/aromatic N) is 1. The number of rotatable bonds is 10. The molecule has 5 nitrogen and oxygen atoms in total. The molecule has 1 amide bonds. The molecule has 0 radical (unpaired) electrons. The lowest BCUT2D eigenvalue weighted by Gasteiger charge is -2.23. The van der Waals surface area contributed by atoms with Crippen LogP contribution in [0.2, 0.25) is 5.02 Å². The van der Waals surface area contributed by atoms with E-state index in [9.17, 15) is 17.6 Å². The lowest BCUT2D eigenvalue weighted by Crippen LogP contribution is -2.29. The third kappa shape index (κ3) is 7.46. The quantitative estimate of drug-likeness (QED) is 0.338. The average Bonchev–Trinajstić information content (AvgIpc) is 2.80. The molecule has 35 heavy (non-hydrogen) atoms. The lowest BCUT2D eigenvalue weighted by molar-refractivity contribution is 0.0956. The van der Waals surface area contributed by atoms with Crippen molar-refractivity contribution in [2.75, 3.05) is 22.9 Å². The Morgan fingerprint density at radius 1 is 1.06 bits per heavy atom. The fourth-order valence-corrected chi connectivity index (χ4v) is 5.47. The first-order valence-electron chi connectivity index (χ1n) is 11.0. The van der Waals surface area contributed by atoms with Gasteiger partial charge in [-0.15, -0.1) is 0 Å². The normalized spacial score (nSPS) is 11.3. The zero-order chi connectivity index (χ0) is 25.6. The van der Waals surface area contributed by atoms with E-state index in [1.807, 2.05) is 26.0 Å². The van der Waals surface area contributed by atoms with Gasteiger partial charge in [-0.1, -0.05) is 35.9 Å². The summed E-state index contributed by atoms with van der Waals surface area (Å²) in [7, 11) is -3.50. The highest BCUT2D eigenvalue weighted by Gasteiger charge is 2.18.